The number of halogens is 1. The van der Waals surface area contributed by atoms with E-state index >= 15 is 0 Å². The van der Waals surface area contributed by atoms with Gasteiger partial charge in [0.1, 0.15) is 18.5 Å². The summed E-state index contributed by atoms with van der Waals surface area (Å²) in [6.07, 6.45) is 0.758. The first kappa shape index (κ1) is 23.7. The van der Waals surface area contributed by atoms with Crippen LogP contribution >= 0.6 is 0 Å². The molecule has 0 aliphatic carbocycles. The molecule has 3 aromatic heterocycles. The van der Waals surface area contributed by atoms with E-state index in [9.17, 15) is 9.50 Å². The lowest BCUT2D eigenvalue weighted by atomic mass is 10.1. The largest absolute Gasteiger partial charge is 0.490 e. The molecule has 8 nitrogen and oxygen atoms in total. The monoisotopic (exact) mass is 466 g/mol. The number of rotatable bonds is 11. The van der Waals surface area contributed by atoms with Crippen LogP contribution < -0.4 is 4.74 Å². The lowest BCUT2D eigenvalue weighted by Gasteiger charge is -2.12. The molecule has 1 aromatic carbocycles. The molecule has 4 rings (SSSR count). The van der Waals surface area contributed by atoms with Gasteiger partial charge in [0, 0.05) is 37.8 Å². The van der Waals surface area contributed by atoms with Gasteiger partial charge in [-0.25, -0.2) is 14.1 Å². The van der Waals surface area contributed by atoms with E-state index in [0.717, 1.165) is 16.5 Å². The normalized spacial score (nSPS) is 12.2. The summed E-state index contributed by atoms with van der Waals surface area (Å²) in [6.45, 7) is 0.411. The van der Waals surface area contributed by atoms with Crippen molar-refractivity contribution in [3.8, 4) is 22.8 Å². The fourth-order valence-corrected chi connectivity index (χ4v) is 3.68. The lowest BCUT2D eigenvalue weighted by molar-refractivity contribution is 0.147. The average molecular weight is 467 g/mol. The second-order valence-corrected chi connectivity index (χ2v) is 7.78. The quantitative estimate of drug-likeness (QED) is 0.327. The fraction of sp³-hybridized carbons (Fsp3) is 0.320. The van der Waals surface area contributed by atoms with E-state index < -0.39 is 6.17 Å². The zero-order chi connectivity index (χ0) is 23.9. The molecule has 1 unspecified atom stereocenters. The Labute approximate surface area is 196 Å². The van der Waals surface area contributed by atoms with Gasteiger partial charge >= 0.3 is 0 Å². The van der Waals surface area contributed by atoms with E-state index in [-0.39, 0.29) is 26.1 Å². The van der Waals surface area contributed by atoms with Gasteiger partial charge in [-0.2, -0.15) is 5.10 Å². The van der Waals surface area contributed by atoms with Crippen molar-refractivity contribution in [2.24, 2.45) is 0 Å². The van der Waals surface area contributed by atoms with Crippen LogP contribution in [-0.4, -0.2) is 63.1 Å². The van der Waals surface area contributed by atoms with Crippen LogP contribution in [0.1, 0.15) is 17.8 Å². The molecule has 3 heterocycles. The highest BCUT2D eigenvalue weighted by Gasteiger charge is 2.16. The van der Waals surface area contributed by atoms with Gasteiger partial charge in [-0.3, -0.25) is 4.98 Å². The zero-order valence-electron chi connectivity index (χ0n) is 18.9. The van der Waals surface area contributed by atoms with Crippen molar-refractivity contribution in [2.75, 3.05) is 26.9 Å². The number of aliphatic hydroxyl groups excluding tert-OH is 2. The third-order valence-electron chi connectivity index (χ3n) is 5.34. The molecule has 0 radical (unpaired) electrons. The van der Waals surface area contributed by atoms with Crippen molar-refractivity contribution < 1.29 is 24.1 Å². The molecule has 0 aliphatic heterocycles. The molecule has 178 valence electrons. The molecular formula is C25H27FN4O4. The molecule has 0 aliphatic rings. The molecule has 1 atom stereocenters. The predicted octanol–water partition coefficient (Wildman–Crippen LogP) is 3.26. The van der Waals surface area contributed by atoms with Crippen LogP contribution in [0.5, 0.6) is 5.75 Å². The summed E-state index contributed by atoms with van der Waals surface area (Å²) in [4.78, 5) is 9.11. The number of alkyl halides is 1. The Balaban J connectivity index is 1.79. The fourth-order valence-electron chi connectivity index (χ4n) is 3.68. The molecule has 2 N–H and O–H groups in total. The van der Waals surface area contributed by atoms with Gasteiger partial charge in [-0.1, -0.05) is 12.1 Å². The van der Waals surface area contributed by atoms with Gasteiger partial charge < -0.3 is 19.7 Å². The number of pyridine rings is 2. The van der Waals surface area contributed by atoms with Gasteiger partial charge in [-0.05, 0) is 36.4 Å². The summed E-state index contributed by atoms with van der Waals surface area (Å²) in [5, 5.41) is 23.8. The Morgan fingerprint density at radius 3 is 2.65 bits per heavy atom. The van der Waals surface area contributed by atoms with Crippen molar-refractivity contribution >= 4 is 10.9 Å². The zero-order valence-corrected chi connectivity index (χ0v) is 18.9. The third kappa shape index (κ3) is 5.39. The molecular weight excluding hydrogens is 439 g/mol. The van der Waals surface area contributed by atoms with Crippen molar-refractivity contribution in [3.05, 3.63) is 66.1 Å². The van der Waals surface area contributed by atoms with E-state index in [1.807, 2.05) is 36.4 Å². The summed E-state index contributed by atoms with van der Waals surface area (Å²) >= 11 is 0. The maximum Gasteiger partial charge on any atom is 0.154 e. The number of aromatic nitrogens is 4. The molecule has 0 saturated carbocycles. The first-order chi connectivity index (χ1) is 16.6. The Kier molecular flexibility index (Phi) is 7.79. The van der Waals surface area contributed by atoms with Crippen molar-refractivity contribution in [1.29, 1.82) is 0 Å². The Morgan fingerprint density at radius 2 is 1.85 bits per heavy atom. The molecule has 4 aromatic rings. The van der Waals surface area contributed by atoms with Gasteiger partial charge in [0.15, 0.2) is 5.82 Å². The van der Waals surface area contributed by atoms with Gasteiger partial charge in [0.2, 0.25) is 0 Å². The van der Waals surface area contributed by atoms with Crippen molar-refractivity contribution in [1.82, 2.24) is 19.7 Å². The topological polar surface area (TPSA) is 103 Å². The third-order valence-corrected chi connectivity index (χ3v) is 5.34. The van der Waals surface area contributed by atoms with Crippen molar-refractivity contribution in [2.45, 2.75) is 25.6 Å². The van der Waals surface area contributed by atoms with Gasteiger partial charge in [-0.15, -0.1) is 0 Å². The summed E-state index contributed by atoms with van der Waals surface area (Å²) in [6, 6.07) is 14.6. The average Bonchev–Trinajstić information content (AvgIpc) is 3.29. The van der Waals surface area contributed by atoms with Gasteiger partial charge in [0.25, 0.3) is 0 Å². The minimum absolute atomic E-state index is 0.0778. The summed E-state index contributed by atoms with van der Waals surface area (Å²) < 4.78 is 26.9. The molecule has 0 saturated heterocycles. The Morgan fingerprint density at radius 1 is 1.03 bits per heavy atom. The van der Waals surface area contributed by atoms with E-state index in [2.05, 4.69) is 15.1 Å². The number of ether oxygens (including phenoxy) is 2. The standard InChI is InChI=1S/C25H27FN4O4/c1-33-10-11-34-24-13-17(22-6-2-4-19(28-22)14-18(26)8-9-31)12-23-21(24)15-27-30(23)25-7-3-5-20(16-32)29-25/h2-7,12-13,15,18,31-32H,8-11,14,16H2,1H3. The first-order valence-electron chi connectivity index (χ1n) is 11.0. The van der Waals surface area contributed by atoms with Crippen LogP contribution in [0.4, 0.5) is 4.39 Å². The van der Waals surface area contributed by atoms with Crippen LogP contribution in [-0.2, 0) is 17.8 Å². The molecule has 0 fully saturated rings. The van der Waals surface area contributed by atoms with E-state index in [1.54, 1.807) is 30.1 Å². The van der Waals surface area contributed by atoms with Crippen LogP contribution in [0.3, 0.4) is 0 Å². The summed E-state index contributed by atoms with van der Waals surface area (Å²) in [7, 11) is 1.61. The maximum absolute atomic E-state index is 14.1. The molecule has 9 heteroatoms. The minimum atomic E-state index is -1.16. The Hall–Kier alpha value is -3.40. The number of methoxy groups -OCH3 is 1. The number of hydrogen-bond acceptors (Lipinski definition) is 7. The predicted molar refractivity (Wildman–Crippen MR) is 126 cm³/mol. The Bertz CT molecular complexity index is 1250. The molecule has 0 amide bonds. The second-order valence-electron chi connectivity index (χ2n) is 7.78. The van der Waals surface area contributed by atoms with E-state index in [0.29, 0.717) is 41.9 Å². The number of hydrogen-bond donors (Lipinski definition) is 2. The highest BCUT2D eigenvalue weighted by Crippen LogP contribution is 2.33. The highest BCUT2D eigenvalue weighted by atomic mass is 19.1. The van der Waals surface area contributed by atoms with E-state index in [1.165, 1.54) is 0 Å². The van der Waals surface area contributed by atoms with Crippen LogP contribution in [0.15, 0.2) is 54.7 Å². The summed E-state index contributed by atoms with van der Waals surface area (Å²) in [5.41, 5.74) is 3.33. The van der Waals surface area contributed by atoms with Gasteiger partial charge in [0.05, 0.1) is 41.7 Å². The van der Waals surface area contributed by atoms with Crippen molar-refractivity contribution in [3.63, 3.8) is 0 Å². The number of aliphatic hydroxyl groups is 2. The van der Waals surface area contributed by atoms with Crippen LogP contribution in [0, 0.1) is 0 Å². The minimum Gasteiger partial charge on any atom is -0.490 e. The smallest absolute Gasteiger partial charge is 0.154 e. The number of fused-ring (bicyclic) bond motifs is 1. The van der Waals surface area contributed by atoms with Crippen LogP contribution in [0.2, 0.25) is 0 Å². The maximum atomic E-state index is 14.1. The first-order valence-corrected chi connectivity index (χ1v) is 11.0. The molecule has 0 bridgehead atoms. The molecule has 0 spiro atoms. The highest BCUT2D eigenvalue weighted by molar-refractivity contribution is 5.90. The van der Waals surface area contributed by atoms with E-state index in [4.69, 9.17) is 14.6 Å². The lowest BCUT2D eigenvalue weighted by Crippen LogP contribution is -2.08. The number of benzene rings is 1. The van der Waals surface area contributed by atoms with Crippen LogP contribution in [0.25, 0.3) is 28.0 Å². The summed E-state index contributed by atoms with van der Waals surface area (Å²) in [5.74, 6) is 1.18. The second kappa shape index (κ2) is 11.1. The molecule has 34 heavy (non-hydrogen) atoms. The number of nitrogens with zero attached hydrogens (tertiary/aromatic N) is 4. The SMILES string of the molecule is COCCOc1cc(-c2cccc(CC(F)CCO)n2)cc2c1cnn2-c1cccc(CO)n1.